The minimum atomic E-state index is 0.572. The van der Waals surface area contributed by atoms with Gasteiger partial charge in [-0.2, -0.15) is 0 Å². The normalized spacial score (nSPS) is 18.3. The maximum absolute atomic E-state index is 5.32. The molecule has 0 spiro atoms. The Bertz CT molecular complexity index is 595. The fraction of sp³-hybridized carbons (Fsp3) is 0.667. The Balaban J connectivity index is 0.000000774. The Hall–Kier alpha value is -1.85. The summed E-state index contributed by atoms with van der Waals surface area (Å²) in [5, 5.41) is 7.96. The van der Waals surface area contributed by atoms with Crippen LogP contribution in [0, 0.1) is 12.8 Å². The van der Waals surface area contributed by atoms with Gasteiger partial charge >= 0.3 is 0 Å². The van der Waals surface area contributed by atoms with Gasteiger partial charge in [-0.1, -0.05) is 20.8 Å². The van der Waals surface area contributed by atoms with Gasteiger partial charge in [0.15, 0.2) is 5.65 Å². The standard InChI is InChI=1S/C13H19N5O.C2H6/c1-8-5-4-6-18(7-8)12-10-11(14-9(2)15-12)16-17-13(10)19-3;1-2/h8H,4-7H2,1-3H3,(H,14,15,16,17);1-2H3. The van der Waals surface area contributed by atoms with E-state index in [4.69, 9.17) is 4.74 Å². The van der Waals surface area contributed by atoms with Crippen LogP contribution >= 0.6 is 0 Å². The lowest BCUT2D eigenvalue weighted by Crippen LogP contribution is -2.35. The molecule has 21 heavy (non-hydrogen) atoms. The molecule has 1 unspecified atom stereocenters. The molecule has 0 bridgehead atoms. The Morgan fingerprint density at radius 1 is 1.29 bits per heavy atom. The third-order valence-electron chi connectivity index (χ3n) is 3.63. The summed E-state index contributed by atoms with van der Waals surface area (Å²) in [5.74, 6) is 2.96. The van der Waals surface area contributed by atoms with Crippen molar-refractivity contribution >= 4 is 16.9 Å². The maximum atomic E-state index is 5.32. The molecule has 2 aromatic heterocycles. The van der Waals surface area contributed by atoms with Crippen LogP contribution in [-0.4, -0.2) is 40.4 Å². The maximum Gasteiger partial charge on any atom is 0.245 e. The van der Waals surface area contributed by atoms with Crippen molar-refractivity contribution in [3.05, 3.63) is 5.82 Å². The second-order valence-corrected chi connectivity index (χ2v) is 5.24. The molecule has 0 aliphatic carbocycles. The number of anilines is 1. The average molecular weight is 291 g/mol. The summed E-state index contributed by atoms with van der Waals surface area (Å²) in [7, 11) is 1.62. The van der Waals surface area contributed by atoms with Gasteiger partial charge < -0.3 is 9.64 Å². The molecule has 0 radical (unpaired) electrons. The summed E-state index contributed by atoms with van der Waals surface area (Å²) in [6.07, 6.45) is 2.48. The van der Waals surface area contributed by atoms with E-state index in [0.717, 1.165) is 35.8 Å². The number of methoxy groups -OCH3 is 1. The molecule has 1 saturated heterocycles. The zero-order valence-corrected chi connectivity index (χ0v) is 13.6. The largest absolute Gasteiger partial charge is 0.479 e. The van der Waals surface area contributed by atoms with Gasteiger partial charge in [0.05, 0.1) is 7.11 Å². The van der Waals surface area contributed by atoms with Gasteiger partial charge in [0.25, 0.3) is 0 Å². The number of aromatic amines is 1. The van der Waals surface area contributed by atoms with Gasteiger partial charge in [-0.3, -0.25) is 5.10 Å². The van der Waals surface area contributed by atoms with E-state index in [1.807, 2.05) is 20.8 Å². The van der Waals surface area contributed by atoms with Gasteiger partial charge in [0.1, 0.15) is 17.0 Å². The van der Waals surface area contributed by atoms with E-state index in [9.17, 15) is 0 Å². The molecule has 2 aromatic rings. The molecule has 0 amide bonds. The smallest absolute Gasteiger partial charge is 0.245 e. The minimum absolute atomic E-state index is 0.572. The lowest BCUT2D eigenvalue weighted by molar-refractivity contribution is 0.400. The van der Waals surface area contributed by atoms with E-state index in [0.29, 0.717) is 11.8 Å². The van der Waals surface area contributed by atoms with Crippen molar-refractivity contribution < 1.29 is 4.74 Å². The number of nitrogens with zero attached hydrogens (tertiary/aromatic N) is 4. The predicted molar refractivity (Wildman–Crippen MR) is 84.9 cm³/mol. The fourth-order valence-electron chi connectivity index (χ4n) is 2.75. The molecule has 0 saturated carbocycles. The summed E-state index contributed by atoms with van der Waals surface area (Å²) in [5.41, 5.74) is 0.748. The molecular formula is C15H25N5O. The molecule has 6 nitrogen and oxygen atoms in total. The van der Waals surface area contributed by atoms with Gasteiger partial charge in [0, 0.05) is 13.1 Å². The van der Waals surface area contributed by atoms with E-state index in [1.165, 1.54) is 12.8 Å². The first-order valence-electron chi connectivity index (χ1n) is 7.70. The van der Waals surface area contributed by atoms with E-state index in [2.05, 4.69) is 32.0 Å². The Morgan fingerprint density at radius 2 is 2.05 bits per heavy atom. The number of rotatable bonds is 2. The number of aromatic nitrogens is 4. The van der Waals surface area contributed by atoms with E-state index in [1.54, 1.807) is 7.11 Å². The van der Waals surface area contributed by atoms with Crippen LogP contribution < -0.4 is 9.64 Å². The van der Waals surface area contributed by atoms with Crippen LogP contribution in [0.4, 0.5) is 5.82 Å². The van der Waals surface area contributed by atoms with Crippen LogP contribution in [0.2, 0.25) is 0 Å². The van der Waals surface area contributed by atoms with Crippen LogP contribution in [0.25, 0.3) is 11.0 Å². The average Bonchev–Trinajstić information content (AvgIpc) is 2.91. The van der Waals surface area contributed by atoms with Crippen LogP contribution in [0.1, 0.15) is 39.4 Å². The number of piperidine rings is 1. The van der Waals surface area contributed by atoms with Crippen molar-refractivity contribution in [2.45, 2.75) is 40.5 Å². The second-order valence-electron chi connectivity index (χ2n) is 5.24. The minimum Gasteiger partial charge on any atom is -0.479 e. The Labute approximate surface area is 125 Å². The third-order valence-corrected chi connectivity index (χ3v) is 3.63. The summed E-state index contributed by atoms with van der Waals surface area (Å²) in [4.78, 5) is 11.3. The number of hydrogen-bond donors (Lipinski definition) is 1. The molecule has 116 valence electrons. The lowest BCUT2D eigenvalue weighted by Gasteiger charge is -2.32. The first-order chi connectivity index (χ1) is 10.2. The highest BCUT2D eigenvalue weighted by Crippen LogP contribution is 2.32. The van der Waals surface area contributed by atoms with Crippen molar-refractivity contribution in [3.8, 4) is 5.88 Å². The fourth-order valence-corrected chi connectivity index (χ4v) is 2.75. The van der Waals surface area contributed by atoms with E-state index in [-0.39, 0.29) is 0 Å². The van der Waals surface area contributed by atoms with Crippen LogP contribution in [-0.2, 0) is 0 Å². The number of aryl methyl sites for hydroxylation is 1. The molecule has 1 atom stereocenters. The number of hydrogen-bond acceptors (Lipinski definition) is 5. The topological polar surface area (TPSA) is 66.9 Å². The van der Waals surface area contributed by atoms with E-state index >= 15 is 0 Å². The van der Waals surface area contributed by atoms with Crippen molar-refractivity contribution in [2.24, 2.45) is 5.92 Å². The van der Waals surface area contributed by atoms with Crippen molar-refractivity contribution in [3.63, 3.8) is 0 Å². The van der Waals surface area contributed by atoms with E-state index < -0.39 is 0 Å². The third kappa shape index (κ3) is 3.09. The first-order valence-corrected chi connectivity index (χ1v) is 7.70. The predicted octanol–water partition coefficient (Wildman–Crippen LogP) is 2.93. The second kappa shape index (κ2) is 6.74. The Morgan fingerprint density at radius 3 is 2.71 bits per heavy atom. The van der Waals surface area contributed by atoms with Gasteiger partial charge in [-0.15, -0.1) is 5.10 Å². The summed E-state index contributed by atoms with van der Waals surface area (Å²) in [6.45, 7) is 10.2. The number of ether oxygens (including phenoxy) is 1. The van der Waals surface area contributed by atoms with Crippen LogP contribution in [0.3, 0.4) is 0 Å². The van der Waals surface area contributed by atoms with Gasteiger partial charge in [0.2, 0.25) is 5.88 Å². The molecule has 1 aliphatic heterocycles. The summed E-state index contributed by atoms with van der Waals surface area (Å²) in [6, 6.07) is 0. The highest BCUT2D eigenvalue weighted by atomic mass is 16.5. The molecule has 1 aliphatic rings. The van der Waals surface area contributed by atoms with Crippen molar-refractivity contribution in [1.82, 2.24) is 20.2 Å². The molecule has 1 N–H and O–H groups in total. The number of H-pyrrole nitrogens is 1. The van der Waals surface area contributed by atoms with Crippen molar-refractivity contribution in [1.29, 1.82) is 0 Å². The number of nitrogens with one attached hydrogen (secondary N) is 1. The Kier molecular flexibility index (Phi) is 4.98. The molecule has 3 heterocycles. The van der Waals surface area contributed by atoms with Gasteiger partial charge in [-0.25, -0.2) is 9.97 Å². The summed E-state index contributed by atoms with van der Waals surface area (Å²) >= 11 is 0. The monoisotopic (exact) mass is 291 g/mol. The molecular weight excluding hydrogens is 266 g/mol. The first kappa shape index (κ1) is 15.5. The van der Waals surface area contributed by atoms with Gasteiger partial charge in [-0.05, 0) is 25.7 Å². The molecule has 1 fully saturated rings. The quantitative estimate of drug-likeness (QED) is 0.921. The highest BCUT2D eigenvalue weighted by molar-refractivity contribution is 5.92. The SMILES string of the molecule is CC.COc1n[nH]c2nc(C)nc(N3CCCC(C)C3)c12. The zero-order valence-electron chi connectivity index (χ0n) is 13.6. The lowest BCUT2D eigenvalue weighted by atomic mass is 10.0. The summed E-state index contributed by atoms with van der Waals surface area (Å²) < 4.78 is 5.32. The molecule has 3 rings (SSSR count). The zero-order chi connectivity index (χ0) is 15.4. The van der Waals surface area contributed by atoms with Crippen molar-refractivity contribution in [2.75, 3.05) is 25.1 Å². The highest BCUT2D eigenvalue weighted by Gasteiger charge is 2.23. The van der Waals surface area contributed by atoms with Crippen LogP contribution in [0.5, 0.6) is 5.88 Å². The number of fused-ring (bicyclic) bond motifs is 1. The molecule has 6 heteroatoms. The molecule has 0 aromatic carbocycles. The van der Waals surface area contributed by atoms with Crippen LogP contribution in [0.15, 0.2) is 0 Å².